The first-order chi connectivity index (χ1) is 11.8. The van der Waals surface area contributed by atoms with Crippen LogP contribution in [0.15, 0.2) is 18.2 Å². The van der Waals surface area contributed by atoms with E-state index in [1.807, 2.05) is 5.32 Å². The molecule has 2 rings (SSSR count). The number of benzene rings is 1. The molecule has 0 aromatic heterocycles. The number of hydrogen-bond donors (Lipinski definition) is 1. The lowest BCUT2D eigenvalue weighted by Crippen LogP contribution is -2.19. The van der Waals surface area contributed by atoms with Gasteiger partial charge in [0.1, 0.15) is 0 Å². The van der Waals surface area contributed by atoms with Gasteiger partial charge in [0.05, 0.1) is 28.4 Å². The van der Waals surface area contributed by atoms with Crippen LogP contribution in [-0.2, 0) is 27.0 Å². The van der Waals surface area contributed by atoms with E-state index in [1.165, 1.54) is 0 Å². The van der Waals surface area contributed by atoms with E-state index < -0.39 is 44.9 Å². The predicted octanol–water partition coefficient (Wildman–Crippen LogP) is 3.58. The summed E-state index contributed by atoms with van der Waals surface area (Å²) in [4.78, 5) is 11.8. The molecule has 1 saturated heterocycles. The Hall–Kier alpha value is -1.43. The number of sulfone groups is 1. The van der Waals surface area contributed by atoms with E-state index >= 15 is 0 Å². The summed E-state index contributed by atoms with van der Waals surface area (Å²) in [5, 5.41) is 1.68. The molecular weight excluding hydrogens is 408 g/mol. The normalized spacial score (nSPS) is 20.2. The highest BCUT2D eigenvalue weighted by molar-refractivity contribution is 8.02. The Balaban J connectivity index is 2.09. The summed E-state index contributed by atoms with van der Waals surface area (Å²) < 4.78 is 99.2. The number of carbonyl (C=O) groups excluding carboxylic acids is 1. The first-order valence-corrected chi connectivity index (χ1v) is 10.0. The van der Waals surface area contributed by atoms with Crippen molar-refractivity contribution < 1.29 is 39.6 Å². The van der Waals surface area contributed by atoms with Crippen molar-refractivity contribution in [3.63, 3.8) is 0 Å². The fourth-order valence-corrected chi connectivity index (χ4v) is 5.75. The van der Waals surface area contributed by atoms with E-state index in [9.17, 15) is 39.6 Å². The number of amides is 1. The molecule has 146 valence electrons. The van der Waals surface area contributed by atoms with Gasteiger partial charge in [0, 0.05) is 10.9 Å². The lowest BCUT2D eigenvalue weighted by atomic mass is 10.1. The number of halogens is 6. The highest BCUT2D eigenvalue weighted by Gasteiger charge is 2.37. The molecule has 0 bridgehead atoms. The lowest BCUT2D eigenvalue weighted by molar-refractivity contribution is -0.143. The van der Waals surface area contributed by atoms with Crippen LogP contribution in [0.3, 0.4) is 0 Å². The number of hydrogen-bond acceptors (Lipinski definition) is 4. The number of nitrogens with one attached hydrogen (secondary N) is 1. The van der Waals surface area contributed by atoms with Crippen molar-refractivity contribution in [3.05, 3.63) is 29.3 Å². The van der Waals surface area contributed by atoms with Crippen LogP contribution in [0.1, 0.15) is 17.5 Å². The largest absolute Gasteiger partial charge is 0.416 e. The van der Waals surface area contributed by atoms with E-state index in [4.69, 9.17) is 0 Å². The van der Waals surface area contributed by atoms with Crippen LogP contribution in [0.25, 0.3) is 0 Å². The number of carbonyl (C=O) groups is 1. The van der Waals surface area contributed by atoms with Gasteiger partial charge in [0.25, 0.3) is 0 Å². The molecule has 0 unspecified atom stereocenters. The second-order valence-electron chi connectivity index (χ2n) is 5.68. The van der Waals surface area contributed by atoms with Gasteiger partial charge in [-0.2, -0.15) is 26.3 Å². The molecule has 12 heteroatoms. The van der Waals surface area contributed by atoms with E-state index in [2.05, 4.69) is 0 Å². The second-order valence-corrected chi connectivity index (χ2v) is 9.20. The molecule has 0 spiro atoms. The molecule has 4 nitrogen and oxygen atoms in total. The van der Waals surface area contributed by atoms with Crippen molar-refractivity contribution >= 4 is 33.2 Å². The predicted molar refractivity (Wildman–Crippen MR) is 84.6 cm³/mol. The summed E-state index contributed by atoms with van der Waals surface area (Å²) in [5.41, 5.74) is -3.69. The highest BCUT2D eigenvalue weighted by Crippen LogP contribution is 2.37. The molecule has 1 amide bonds. The Morgan fingerprint density at radius 1 is 1.08 bits per heavy atom. The van der Waals surface area contributed by atoms with E-state index in [0.29, 0.717) is 18.6 Å². The number of rotatable bonds is 4. The molecule has 1 aliphatic rings. The number of thioether (sulfide) groups is 1. The van der Waals surface area contributed by atoms with E-state index in [1.54, 1.807) is 0 Å². The van der Waals surface area contributed by atoms with Crippen LogP contribution < -0.4 is 5.32 Å². The summed E-state index contributed by atoms with van der Waals surface area (Å²) in [6, 6.07) is 0.795. The van der Waals surface area contributed by atoms with Crippen LogP contribution in [0.2, 0.25) is 0 Å². The Labute approximate surface area is 149 Å². The summed E-state index contributed by atoms with van der Waals surface area (Å²) in [5.74, 6) is -1.20. The van der Waals surface area contributed by atoms with Gasteiger partial charge in [-0.05, 0) is 24.6 Å². The third kappa shape index (κ3) is 5.79. The first-order valence-electron chi connectivity index (χ1n) is 7.18. The van der Waals surface area contributed by atoms with Gasteiger partial charge < -0.3 is 5.32 Å². The zero-order valence-corrected chi connectivity index (χ0v) is 14.6. The Morgan fingerprint density at radius 3 is 2.04 bits per heavy atom. The van der Waals surface area contributed by atoms with Gasteiger partial charge in [-0.3, -0.25) is 4.79 Å². The van der Waals surface area contributed by atoms with Gasteiger partial charge in [-0.1, -0.05) is 0 Å². The molecule has 1 atom stereocenters. The van der Waals surface area contributed by atoms with Crippen LogP contribution in [0, 0.1) is 0 Å². The summed E-state index contributed by atoms with van der Waals surface area (Å²) in [6.45, 7) is 0. The van der Waals surface area contributed by atoms with Gasteiger partial charge >= 0.3 is 12.4 Å². The van der Waals surface area contributed by atoms with Gasteiger partial charge in [0.15, 0.2) is 9.84 Å². The summed E-state index contributed by atoms with van der Waals surface area (Å²) >= 11 is 0.998. The standard InChI is InChI=1S/C14H13F6NO3S2/c15-13(16,17)8-3-9(14(18,19)20)5-10(4-8)21-12(22)6-25-11-1-2-26(23,24)7-11/h3-5,11H,1-2,6-7H2,(H,21,22)/t11-/m1/s1. The lowest BCUT2D eigenvalue weighted by Gasteiger charge is -2.15. The molecular formula is C14H13F6NO3S2. The summed E-state index contributed by atoms with van der Waals surface area (Å²) in [7, 11) is -3.15. The maximum atomic E-state index is 12.8. The highest BCUT2D eigenvalue weighted by atomic mass is 32.2. The quantitative estimate of drug-likeness (QED) is 0.755. The number of anilines is 1. The molecule has 1 aromatic carbocycles. The zero-order valence-electron chi connectivity index (χ0n) is 12.9. The molecule has 26 heavy (non-hydrogen) atoms. The van der Waals surface area contributed by atoms with Crippen LogP contribution in [-0.4, -0.2) is 36.8 Å². The van der Waals surface area contributed by atoms with Crippen molar-refractivity contribution in [3.8, 4) is 0 Å². The molecule has 1 aromatic rings. The van der Waals surface area contributed by atoms with Gasteiger partial charge in [-0.25, -0.2) is 8.42 Å². The second kappa shape index (κ2) is 7.29. The SMILES string of the molecule is O=C(CS[C@@H]1CCS(=O)(=O)C1)Nc1cc(C(F)(F)F)cc(C(F)(F)F)c1. The van der Waals surface area contributed by atoms with Crippen molar-refractivity contribution in [1.82, 2.24) is 0 Å². The minimum atomic E-state index is -5.01. The minimum absolute atomic E-state index is 0.00510. The molecule has 1 heterocycles. The number of alkyl halides is 6. The first kappa shape index (κ1) is 20.9. The Bertz CT molecular complexity index is 757. The third-order valence-electron chi connectivity index (χ3n) is 3.51. The van der Waals surface area contributed by atoms with Crippen LogP contribution in [0.5, 0.6) is 0 Å². The van der Waals surface area contributed by atoms with Gasteiger partial charge in [0.2, 0.25) is 5.91 Å². The summed E-state index contributed by atoms with van der Waals surface area (Å²) in [6.07, 6.45) is -9.66. The maximum Gasteiger partial charge on any atom is 0.416 e. The molecule has 1 N–H and O–H groups in total. The zero-order chi connectivity index (χ0) is 19.8. The van der Waals surface area contributed by atoms with E-state index in [0.717, 1.165) is 11.8 Å². The van der Waals surface area contributed by atoms with Crippen LogP contribution in [0.4, 0.5) is 32.0 Å². The molecule has 0 saturated carbocycles. The van der Waals surface area contributed by atoms with Crippen molar-refractivity contribution in [1.29, 1.82) is 0 Å². The molecule has 1 aliphatic heterocycles. The van der Waals surface area contributed by atoms with Crippen molar-refractivity contribution in [2.75, 3.05) is 22.6 Å². The maximum absolute atomic E-state index is 12.8. The average molecular weight is 421 g/mol. The fraction of sp³-hybridized carbons (Fsp3) is 0.500. The average Bonchev–Trinajstić information content (AvgIpc) is 2.82. The Morgan fingerprint density at radius 2 is 1.62 bits per heavy atom. The molecule has 0 radical (unpaired) electrons. The third-order valence-corrected chi connectivity index (χ3v) is 6.79. The van der Waals surface area contributed by atoms with Gasteiger partial charge in [-0.15, -0.1) is 11.8 Å². The van der Waals surface area contributed by atoms with Crippen molar-refractivity contribution in [2.45, 2.75) is 24.0 Å². The molecule has 0 aliphatic carbocycles. The molecule has 1 fully saturated rings. The van der Waals surface area contributed by atoms with E-state index in [-0.39, 0.29) is 28.6 Å². The minimum Gasteiger partial charge on any atom is -0.325 e. The fourth-order valence-electron chi connectivity index (χ4n) is 2.31. The Kier molecular flexibility index (Phi) is 5.86. The monoisotopic (exact) mass is 421 g/mol. The topological polar surface area (TPSA) is 63.2 Å². The van der Waals surface area contributed by atoms with Crippen molar-refractivity contribution in [2.24, 2.45) is 0 Å². The van der Waals surface area contributed by atoms with Crippen LogP contribution >= 0.6 is 11.8 Å². The smallest absolute Gasteiger partial charge is 0.325 e.